The first-order valence-electron chi connectivity index (χ1n) is 6.80. The van der Waals surface area contributed by atoms with E-state index in [1.807, 2.05) is 7.05 Å². The topological polar surface area (TPSA) is 66.7 Å². The zero-order valence-electron chi connectivity index (χ0n) is 12.1. The van der Waals surface area contributed by atoms with E-state index in [9.17, 15) is 14.9 Å². The molecule has 0 bridgehead atoms. The molecule has 1 aromatic rings. The first kappa shape index (κ1) is 15.7. The Morgan fingerprint density at radius 1 is 1.43 bits per heavy atom. The Balaban J connectivity index is 2.24. The van der Waals surface area contributed by atoms with E-state index in [1.165, 1.54) is 12.1 Å². The highest BCUT2D eigenvalue weighted by atomic mass is 35.5. The number of likely N-dealkylation sites (tertiary alicyclic amines) is 1. The zero-order chi connectivity index (χ0) is 15.6. The van der Waals surface area contributed by atoms with Crippen molar-refractivity contribution in [1.29, 1.82) is 0 Å². The minimum Gasteiger partial charge on any atom is -0.338 e. The van der Waals surface area contributed by atoms with Gasteiger partial charge in [0.15, 0.2) is 0 Å². The molecule has 0 N–H and O–H groups in total. The number of para-hydroxylation sites is 1. The lowest BCUT2D eigenvalue weighted by atomic mass is 10.0. The molecule has 0 saturated carbocycles. The van der Waals surface area contributed by atoms with Gasteiger partial charge in [0, 0.05) is 13.1 Å². The summed E-state index contributed by atoms with van der Waals surface area (Å²) in [7, 11) is 3.74. The third-order valence-electron chi connectivity index (χ3n) is 3.96. The number of rotatable bonds is 3. The highest BCUT2D eigenvalue weighted by molar-refractivity contribution is 6.33. The Labute approximate surface area is 128 Å². The lowest BCUT2D eigenvalue weighted by Gasteiger charge is -2.35. The summed E-state index contributed by atoms with van der Waals surface area (Å²) in [6.07, 6.45) is 1.74. The highest BCUT2D eigenvalue weighted by Gasteiger charge is 2.30. The molecule has 1 aliphatic rings. The smallest absolute Gasteiger partial charge is 0.300 e. The van der Waals surface area contributed by atoms with Crippen molar-refractivity contribution in [1.82, 2.24) is 9.80 Å². The highest BCUT2D eigenvalue weighted by Crippen LogP contribution is 2.29. The molecule has 6 nitrogen and oxygen atoms in total. The predicted octanol–water partition coefficient (Wildman–Crippen LogP) is 2.41. The number of carbonyl (C=O) groups is 1. The van der Waals surface area contributed by atoms with Gasteiger partial charge in [0.05, 0.1) is 4.92 Å². The average Bonchev–Trinajstić information content (AvgIpc) is 2.46. The summed E-state index contributed by atoms with van der Waals surface area (Å²) in [5.74, 6) is -0.348. The number of hydrogen-bond donors (Lipinski definition) is 0. The second-order valence-electron chi connectivity index (χ2n) is 5.34. The van der Waals surface area contributed by atoms with Crippen LogP contribution in [0.15, 0.2) is 18.2 Å². The van der Waals surface area contributed by atoms with Crippen LogP contribution in [0.3, 0.4) is 0 Å². The van der Waals surface area contributed by atoms with Gasteiger partial charge in [-0.05, 0) is 45.1 Å². The Morgan fingerprint density at radius 2 is 2.05 bits per heavy atom. The third kappa shape index (κ3) is 3.33. The summed E-state index contributed by atoms with van der Waals surface area (Å²) in [6, 6.07) is 4.54. The van der Waals surface area contributed by atoms with Crippen molar-refractivity contribution in [2.45, 2.75) is 18.9 Å². The van der Waals surface area contributed by atoms with Crippen molar-refractivity contribution in [2.24, 2.45) is 0 Å². The summed E-state index contributed by atoms with van der Waals surface area (Å²) >= 11 is 5.86. The Bertz CT molecular complexity index is 556. The number of hydrogen-bond acceptors (Lipinski definition) is 4. The average molecular weight is 312 g/mol. The molecule has 1 amide bonds. The van der Waals surface area contributed by atoms with E-state index >= 15 is 0 Å². The predicted molar refractivity (Wildman–Crippen MR) is 80.7 cm³/mol. The van der Waals surface area contributed by atoms with Crippen molar-refractivity contribution < 1.29 is 9.72 Å². The van der Waals surface area contributed by atoms with Crippen LogP contribution >= 0.6 is 11.6 Å². The van der Waals surface area contributed by atoms with Crippen molar-refractivity contribution in [2.75, 3.05) is 27.2 Å². The molecule has 114 valence electrons. The first-order valence-corrected chi connectivity index (χ1v) is 7.18. The molecule has 7 heteroatoms. The van der Waals surface area contributed by atoms with Gasteiger partial charge < -0.3 is 9.80 Å². The molecular formula is C14H18ClN3O3. The van der Waals surface area contributed by atoms with Gasteiger partial charge in [-0.2, -0.15) is 0 Å². The second kappa shape index (κ2) is 6.41. The van der Waals surface area contributed by atoms with E-state index in [0.717, 1.165) is 25.9 Å². The molecule has 2 rings (SSSR count). The fourth-order valence-corrected chi connectivity index (χ4v) is 2.86. The van der Waals surface area contributed by atoms with Crippen LogP contribution in [0.5, 0.6) is 0 Å². The van der Waals surface area contributed by atoms with Crippen LogP contribution in [0.1, 0.15) is 23.2 Å². The molecule has 0 unspecified atom stereocenters. The van der Waals surface area contributed by atoms with Crippen molar-refractivity contribution >= 4 is 23.2 Å². The van der Waals surface area contributed by atoms with Gasteiger partial charge in [0.2, 0.25) is 0 Å². The molecule has 0 atom stereocenters. The van der Waals surface area contributed by atoms with Crippen molar-refractivity contribution in [3.8, 4) is 0 Å². The normalized spacial score (nSPS) is 16.7. The number of halogens is 1. The first-order chi connectivity index (χ1) is 9.91. The molecular weight excluding hydrogens is 294 g/mol. The maximum Gasteiger partial charge on any atom is 0.300 e. The molecule has 1 heterocycles. The fraction of sp³-hybridized carbons (Fsp3) is 0.500. The molecule has 0 spiro atoms. The van der Waals surface area contributed by atoms with E-state index in [2.05, 4.69) is 4.90 Å². The third-order valence-corrected chi connectivity index (χ3v) is 4.26. The van der Waals surface area contributed by atoms with Gasteiger partial charge in [-0.1, -0.05) is 17.7 Å². The van der Waals surface area contributed by atoms with Gasteiger partial charge in [0.25, 0.3) is 5.91 Å². The van der Waals surface area contributed by atoms with Gasteiger partial charge >= 0.3 is 5.69 Å². The minimum atomic E-state index is -0.599. The number of nitro groups is 1. The monoisotopic (exact) mass is 311 g/mol. The van der Waals surface area contributed by atoms with E-state index in [-0.39, 0.29) is 28.2 Å². The van der Waals surface area contributed by atoms with Crippen molar-refractivity contribution in [3.63, 3.8) is 0 Å². The second-order valence-corrected chi connectivity index (χ2v) is 5.75. The maximum absolute atomic E-state index is 12.6. The van der Waals surface area contributed by atoms with Crippen LogP contribution in [0.2, 0.25) is 5.02 Å². The number of piperidine rings is 1. The van der Waals surface area contributed by atoms with Gasteiger partial charge in [-0.25, -0.2) is 0 Å². The summed E-state index contributed by atoms with van der Waals surface area (Å²) in [5, 5.41) is 11.1. The van der Waals surface area contributed by atoms with Crippen LogP contribution < -0.4 is 0 Å². The molecule has 1 saturated heterocycles. The number of nitrogens with zero attached hydrogens (tertiary/aromatic N) is 3. The standard InChI is InChI=1S/C14H18ClN3O3/c1-16-8-6-10(7-9-16)17(2)14(19)11-4-3-5-12(15)13(11)18(20)21/h3-5,10H,6-9H2,1-2H3. The van der Waals surface area contributed by atoms with Crippen LogP contribution in [-0.2, 0) is 0 Å². The van der Waals surface area contributed by atoms with Gasteiger partial charge in [0.1, 0.15) is 10.6 Å². The van der Waals surface area contributed by atoms with Gasteiger partial charge in [-0.15, -0.1) is 0 Å². The molecule has 1 aromatic carbocycles. The van der Waals surface area contributed by atoms with E-state index in [1.54, 1.807) is 18.0 Å². The number of amides is 1. The number of carbonyl (C=O) groups excluding carboxylic acids is 1. The molecule has 1 fully saturated rings. The lowest BCUT2D eigenvalue weighted by molar-refractivity contribution is -0.385. The Kier molecular flexibility index (Phi) is 4.80. The molecule has 0 aliphatic carbocycles. The van der Waals surface area contributed by atoms with E-state index in [0.29, 0.717) is 0 Å². The van der Waals surface area contributed by atoms with Crippen molar-refractivity contribution in [3.05, 3.63) is 38.9 Å². The fourth-order valence-electron chi connectivity index (χ4n) is 2.61. The zero-order valence-corrected chi connectivity index (χ0v) is 12.8. The summed E-state index contributed by atoms with van der Waals surface area (Å²) in [4.78, 5) is 26.9. The van der Waals surface area contributed by atoms with E-state index in [4.69, 9.17) is 11.6 Å². The summed E-state index contributed by atoms with van der Waals surface area (Å²) in [5.41, 5.74) is -0.266. The quantitative estimate of drug-likeness (QED) is 0.635. The Morgan fingerprint density at radius 3 is 2.62 bits per heavy atom. The van der Waals surface area contributed by atoms with E-state index < -0.39 is 4.92 Å². The number of nitro benzene ring substituents is 1. The molecule has 0 radical (unpaired) electrons. The molecule has 21 heavy (non-hydrogen) atoms. The van der Waals surface area contributed by atoms with Crippen LogP contribution in [0, 0.1) is 10.1 Å². The van der Waals surface area contributed by atoms with Gasteiger partial charge in [-0.3, -0.25) is 14.9 Å². The minimum absolute atomic E-state index is 0.0115. The maximum atomic E-state index is 12.6. The summed E-state index contributed by atoms with van der Waals surface area (Å²) < 4.78 is 0. The lowest BCUT2D eigenvalue weighted by Crippen LogP contribution is -2.44. The number of benzene rings is 1. The SMILES string of the molecule is CN1CCC(N(C)C(=O)c2cccc(Cl)c2[N+](=O)[O-])CC1. The summed E-state index contributed by atoms with van der Waals surface area (Å²) in [6.45, 7) is 1.83. The van der Waals surface area contributed by atoms with Crippen LogP contribution in [0.25, 0.3) is 0 Å². The molecule has 1 aliphatic heterocycles. The largest absolute Gasteiger partial charge is 0.338 e. The molecule has 0 aromatic heterocycles. The van der Waals surface area contributed by atoms with Crippen LogP contribution in [-0.4, -0.2) is 53.9 Å². The Hall–Kier alpha value is -1.66. The van der Waals surface area contributed by atoms with Crippen LogP contribution in [0.4, 0.5) is 5.69 Å².